The molecule has 1 saturated carbocycles. The number of nitrogens with one attached hydrogen (secondary N) is 2. The molecule has 1 aliphatic carbocycles. The van der Waals surface area contributed by atoms with Gasteiger partial charge in [-0.15, -0.1) is 0 Å². The van der Waals surface area contributed by atoms with Gasteiger partial charge in [0.1, 0.15) is 6.10 Å². The van der Waals surface area contributed by atoms with E-state index in [0.29, 0.717) is 25.7 Å². The van der Waals surface area contributed by atoms with Crippen LogP contribution in [0, 0.1) is 0 Å². The van der Waals surface area contributed by atoms with Gasteiger partial charge >= 0.3 is 6.09 Å². The molecular weight excluding hydrogens is 364 g/mol. The normalized spacial score (nSPS) is 20.4. The largest absolute Gasteiger partial charge is 0.446 e. The average molecular weight is 397 g/mol. The third-order valence-electron chi connectivity index (χ3n) is 4.92. The average Bonchev–Trinajstić information content (AvgIpc) is 2.62. The van der Waals surface area contributed by atoms with Crippen molar-refractivity contribution < 1.29 is 17.9 Å². The summed E-state index contributed by atoms with van der Waals surface area (Å²) in [5.41, 5.74) is 1.98. The Kier molecular flexibility index (Phi) is 8.10. The molecule has 1 fully saturated rings. The van der Waals surface area contributed by atoms with Crippen LogP contribution in [0.2, 0.25) is 0 Å². The van der Waals surface area contributed by atoms with Crippen molar-refractivity contribution in [3.8, 4) is 0 Å². The van der Waals surface area contributed by atoms with Gasteiger partial charge in [0, 0.05) is 11.7 Å². The molecule has 1 amide bonds. The molecule has 0 radical (unpaired) electrons. The predicted octanol–water partition coefficient (Wildman–Crippen LogP) is 4.22. The molecule has 0 atom stereocenters. The van der Waals surface area contributed by atoms with Crippen molar-refractivity contribution in [1.82, 2.24) is 4.72 Å². The van der Waals surface area contributed by atoms with Gasteiger partial charge in [-0.2, -0.15) is 0 Å². The molecule has 2 N–H and O–H groups in total. The molecule has 1 aromatic rings. The molecule has 152 valence electrons. The summed E-state index contributed by atoms with van der Waals surface area (Å²) in [7, 11) is -3.26. The SMILES string of the molecule is CCCCc1ccc(NC(=O)O[C@H]2CC[C@H](NS(=O)(=O)C(C)C)CC2)cc1. The number of hydrogen-bond donors (Lipinski definition) is 2. The summed E-state index contributed by atoms with van der Waals surface area (Å²) >= 11 is 0. The van der Waals surface area contributed by atoms with Gasteiger partial charge in [0.25, 0.3) is 0 Å². The van der Waals surface area contributed by atoms with Crippen LogP contribution in [-0.2, 0) is 21.2 Å². The van der Waals surface area contributed by atoms with E-state index in [4.69, 9.17) is 4.74 Å². The van der Waals surface area contributed by atoms with Crippen molar-refractivity contribution in [3.05, 3.63) is 29.8 Å². The maximum atomic E-state index is 12.1. The van der Waals surface area contributed by atoms with Crippen LogP contribution in [-0.4, -0.2) is 31.9 Å². The lowest BCUT2D eigenvalue weighted by atomic mass is 9.94. The van der Waals surface area contributed by atoms with Crippen molar-refractivity contribution in [2.24, 2.45) is 0 Å². The summed E-state index contributed by atoms with van der Waals surface area (Å²) in [6, 6.07) is 7.76. The Hall–Kier alpha value is -1.60. The predicted molar refractivity (Wildman–Crippen MR) is 108 cm³/mol. The van der Waals surface area contributed by atoms with E-state index in [0.717, 1.165) is 24.9 Å². The van der Waals surface area contributed by atoms with Gasteiger partial charge in [-0.1, -0.05) is 25.5 Å². The van der Waals surface area contributed by atoms with E-state index >= 15 is 0 Å². The molecule has 7 heteroatoms. The molecular formula is C20H32N2O4S. The molecule has 0 aliphatic heterocycles. The lowest BCUT2D eigenvalue weighted by molar-refractivity contribution is 0.0812. The number of hydrogen-bond acceptors (Lipinski definition) is 4. The highest BCUT2D eigenvalue weighted by atomic mass is 32.2. The Morgan fingerprint density at radius 3 is 2.33 bits per heavy atom. The van der Waals surface area contributed by atoms with Crippen molar-refractivity contribution in [2.75, 3.05) is 5.32 Å². The third-order valence-corrected chi connectivity index (χ3v) is 6.82. The molecule has 27 heavy (non-hydrogen) atoms. The zero-order chi connectivity index (χ0) is 19.9. The highest BCUT2D eigenvalue weighted by Gasteiger charge is 2.28. The number of rotatable bonds is 8. The number of unbranched alkanes of at least 4 members (excludes halogenated alkanes) is 1. The van der Waals surface area contributed by atoms with E-state index in [1.807, 2.05) is 24.3 Å². The summed E-state index contributed by atoms with van der Waals surface area (Å²) in [6.07, 6.45) is 5.41. The second kappa shape index (κ2) is 10.1. The zero-order valence-electron chi connectivity index (χ0n) is 16.5. The quantitative estimate of drug-likeness (QED) is 0.689. The first-order valence-electron chi connectivity index (χ1n) is 9.88. The van der Waals surface area contributed by atoms with Crippen LogP contribution in [0.4, 0.5) is 10.5 Å². The molecule has 1 aliphatic rings. The first-order chi connectivity index (χ1) is 12.8. The Morgan fingerprint density at radius 1 is 1.15 bits per heavy atom. The summed E-state index contributed by atoms with van der Waals surface area (Å²) in [5.74, 6) is 0. The van der Waals surface area contributed by atoms with Crippen LogP contribution >= 0.6 is 0 Å². The monoisotopic (exact) mass is 396 g/mol. The van der Waals surface area contributed by atoms with E-state index in [1.165, 1.54) is 5.56 Å². The molecule has 0 aromatic heterocycles. The molecule has 0 spiro atoms. The van der Waals surface area contributed by atoms with Gasteiger partial charge in [0.05, 0.1) is 5.25 Å². The Balaban J connectivity index is 1.74. The molecule has 2 rings (SSSR count). The Labute approximate surface area is 163 Å². The van der Waals surface area contributed by atoms with Gasteiger partial charge in [0.15, 0.2) is 0 Å². The summed E-state index contributed by atoms with van der Waals surface area (Å²) in [6.45, 7) is 5.49. The zero-order valence-corrected chi connectivity index (χ0v) is 17.3. The summed E-state index contributed by atoms with van der Waals surface area (Å²) in [4.78, 5) is 12.1. The van der Waals surface area contributed by atoms with Gasteiger partial charge in [-0.25, -0.2) is 17.9 Å². The van der Waals surface area contributed by atoms with Crippen molar-refractivity contribution >= 4 is 21.8 Å². The molecule has 1 aromatic carbocycles. The standard InChI is InChI=1S/C20H32N2O4S/c1-4-5-6-16-7-9-17(10-8-16)21-20(23)26-19-13-11-18(12-14-19)22-27(24,25)15(2)3/h7-10,15,18-19,22H,4-6,11-14H2,1-3H3,(H,21,23)/t18-,19-. The molecule has 0 bridgehead atoms. The molecule has 0 unspecified atom stereocenters. The minimum absolute atomic E-state index is 0.0732. The van der Waals surface area contributed by atoms with Gasteiger partial charge in [0.2, 0.25) is 10.0 Å². The third kappa shape index (κ3) is 7.14. The van der Waals surface area contributed by atoms with Crippen LogP contribution in [0.5, 0.6) is 0 Å². The van der Waals surface area contributed by atoms with Gasteiger partial charge < -0.3 is 4.74 Å². The highest BCUT2D eigenvalue weighted by molar-refractivity contribution is 7.90. The molecule has 6 nitrogen and oxygen atoms in total. The smallest absolute Gasteiger partial charge is 0.411 e. The van der Waals surface area contributed by atoms with Crippen LogP contribution < -0.4 is 10.0 Å². The molecule has 0 heterocycles. The van der Waals surface area contributed by atoms with E-state index in [1.54, 1.807) is 13.8 Å². The number of anilines is 1. The van der Waals surface area contributed by atoms with E-state index in [-0.39, 0.29) is 12.1 Å². The van der Waals surface area contributed by atoms with Crippen molar-refractivity contribution in [3.63, 3.8) is 0 Å². The minimum atomic E-state index is -3.26. The Bertz CT molecular complexity index is 693. The fraction of sp³-hybridized carbons (Fsp3) is 0.650. The van der Waals surface area contributed by atoms with Crippen LogP contribution in [0.25, 0.3) is 0 Å². The first kappa shape index (κ1) is 21.7. The van der Waals surface area contributed by atoms with Crippen LogP contribution in [0.15, 0.2) is 24.3 Å². The van der Waals surface area contributed by atoms with Crippen LogP contribution in [0.3, 0.4) is 0 Å². The topological polar surface area (TPSA) is 84.5 Å². The van der Waals surface area contributed by atoms with E-state index in [2.05, 4.69) is 17.0 Å². The number of carbonyl (C=O) groups is 1. The number of amides is 1. The van der Waals surface area contributed by atoms with Gasteiger partial charge in [-0.05, 0) is 70.1 Å². The number of carbonyl (C=O) groups excluding carboxylic acids is 1. The second-order valence-corrected chi connectivity index (χ2v) is 9.78. The Morgan fingerprint density at radius 2 is 1.78 bits per heavy atom. The van der Waals surface area contributed by atoms with Crippen molar-refractivity contribution in [2.45, 2.75) is 83.1 Å². The summed E-state index contributed by atoms with van der Waals surface area (Å²) < 4.78 is 32.1. The maximum absolute atomic E-state index is 12.1. The minimum Gasteiger partial charge on any atom is -0.446 e. The number of sulfonamides is 1. The van der Waals surface area contributed by atoms with Crippen molar-refractivity contribution in [1.29, 1.82) is 0 Å². The number of benzene rings is 1. The summed E-state index contributed by atoms with van der Waals surface area (Å²) in [5, 5.41) is 2.32. The number of ether oxygens (including phenoxy) is 1. The van der Waals surface area contributed by atoms with Crippen LogP contribution in [0.1, 0.15) is 64.9 Å². The first-order valence-corrected chi connectivity index (χ1v) is 11.4. The maximum Gasteiger partial charge on any atom is 0.411 e. The molecule has 0 saturated heterocycles. The lowest BCUT2D eigenvalue weighted by Crippen LogP contribution is -2.42. The number of aryl methyl sites for hydroxylation is 1. The fourth-order valence-corrected chi connectivity index (χ4v) is 4.07. The van der Waals surface area contributed by atoms with E-state index < -0.39 is 21.4 Å². The highest BCUT2D eigenvalue weighted by Crippen LogP contribution is 2.23. The fourth-order valence-electron chi connectivity index (χ4n) is 3.10. The van der Waals surface area contributed by atoms with E-state index in [9.17, 15) is 13.2 Å². The lowest BCUT2D eigenvalue weighted by Gasteiger charge is -2.29. The second-order valence-electron chi connectivity index (χ2n) is 7.52. The van der Waals surface area contributed by atoms with Gasteiger partial charge in [-0.3, -0.25) is 5.32 Å².